The van der Waals surface area contributed by atoms with Gasteiger partial charge in [-0.2, -0.15) is 0 Å². The van der Waals surface area contributed by atoms with Crippen LogP contribution in [0.1, 0.15) is 23.1 Å². The topological polar surface area (TPSA) is 54.0 Å². The van der Waals surface area contributed by atoms with E-state index < -0.39 is 5.41 Å². The van der Waals surface area contributed by atoms with E-state index >= 15 is 0 Å². The van der Waals surface area contributed by atoms with Gasteiger partial charge in [-0.15, -0.1) is 0 Å². The van der Waals surface area contributed by atoms with Gasteiger partial charge < -0.3 is 18.9 Å². The molecule has 5 rings (SSSR count). The number of para-hydroxylation sites is 1. The number of hydrogen-bond donors (Lipinski definition) is 0. The summed E-state index contributed by atoms with van der Waals surface area (Å²) in [5.41, 5.74) is 2.07. The number of Topliss-reactive ketones (excluding diaryl/α,β-unsaturated/α-hetero) is 1. The fourth-order valence-corrected chi connectivity index (χ4v) is 3.98. The maximum Gasteiger partial charge on any atom is 0.173 e. The molecule has 1 heterocycles. The Kier molecular flexibility index (Phi) is 4.66. The summed E-state index contributed by atoms with van der Waals surface area (Å²) in [7, 11) is 3.19. The lowest BCUT2D eigenvalue weighted by atomic mass is 9.90. The molecule has 3 aromatic rings. The number of fused-ring (bicyclic) bond motifs is 2. The van der Waals surface area contributed by atoms with Crippen LogP contribution >= 0.6 is 0 Å². The third-order valence-corrected chi connectivity index (χ3v) is 5.77. The van der Waals surface area contributed by atoms with Gasteiger partial charge in [-0.3, -0.25) is 4.79 Å². The Balaban J connectivity index is 1.52. The number of hydrogen-bond acceptors (Lipinski definition) is 5. The van der Waals surface area contributed by atoms with Crippen molar-refractivity contribution in [2.24, 2.45) is 0 Å². The van der Waals surface area contributed by atoms with Gasteiger partial charge in [-0.05, 0) is 35.9 Å². The molecule has 0 N–H and O–H groups in total. The van der Waals surface area contributed by atoms with Crippen molar-refractivity contribution >= 4 is 11.5 Å². The second-order valence-corrected chi connectivity index (χ2v) is 7.66. The molecular formula is C26H22O5. The monoisotopic (exact) mass is 414 g/mol. The van der Waals surface area contributed by atoms with Gasteiger partial charge in [0.2, 0.25) is 0 Å². The van der Waals surface area contributed by atoms with Crippen molar-refractivity contribution in [1.29, 1.82) is 0 Å². The molecule has 156 valence electrons. The largest absolute Gasteiger partial charge is 0.493 e. The number of allylic oxidation sites excluding steroid dienone is 1. The summed E-state index contributed by atoms with van der Waals surface area (Å²) in [6, 6.07) is 21.2. The normalized spacial score (nSPS) is 18.6. The van der Waals surface area contributed by atoms with Crippen molar-refractivity contribution in [3.05, 3.63) is 89.5 Å². The van der Waals surface area contributed by atoms with Crippen LogP contribution in [-0.2, 0) is 16.8 Å². The second kappa shape index (κ2) is 7.51. The van der Waals surface area contributed by atoms with Crippen LogP contribution in [0.2, 0.25) is 0 Å². The molecule has 31 heavy (non-hydrogen) atoms. The molecule has 1 atom stereocenters. The van der Waals surface area contributed by atoms with E-state index in [1.807, 2.05) is 72.8 Å². The molecule has 1 spiro atoms. The van der Waals surface area contributed by atoms with Crippen LogP contribution in [-0.4, -0.2) is 20.0 Å². The molecule has 2 aliphatic rings. The first-order valence-corrected chi connectivity index (χ1v) is 10.1. The molecule has 5 nitrogen and oxygen atoms in total. The summed E-state index contributed by atoms with van der Waals surface area (Å²) in [4.78, 5) is 12.5. The van der Waals surface area contributed by atoms with Gasteiger partial charge in [0.25, 0.3) is 0 Å². The lowest BCUT2D eigenvalue weighted by Gasteiger charge is -2.26. The Labute approximate surface area is 180 Å². The van der Waals surface area contributed by atoms with Crippen LogP contribution in [0.5, 0.6) is 23.0 Å². The summed E-state index contributed by atoms with van der Waals surface area (Å²) in [5, 5.41) is 0. The molecule has 0 amide bonds. The summed E-state index contributed by atoms with van der Waals surface area (Å²) >= 11 is 0. The maximum absolute atomic E-state index is 12.5. The molecule has 0 aromatic heterocycles. The van der Waals surface area contributed by atoms with E-state index in [1.165, 1.54) is 0 Å². The van der Waals surface area contributed by atoms with E-state index in [9.17, 15) is 4.79 Å². The van der Waals surface area contributed by atoms with Crippen molar-refractivity contribution in [2.45, 2.75) is 18.4 Å². The van der Waals surface area contributed by atoms with Gasteiger partial charge >= 0.3 is 0 Å². The highest BCUT2D eigenvalue weighted by Gasteiger charge is 2.57. The van der Waals surface area contributed by atoms with Crippen LogP contribution in [0, 0.1) is 0 Å². The zero-order valence-corrected chi connectivity index (χ0v) is 17.4. The highest BCUT2D eigenvalue weighted by Crippen LogP contribution is 2.56. The fourth-order valence-electron chi connectivity index (χ4n) is 3.98. The van der Waals surface area contributed by atoms with Gasteiger partial charge in [-0.1, -0.05) is 42.5 Å². The molecule has 1 fully saturated rings. The van der Waals surface area contributed by atoms with E-state index in [2.05, 4.69) is 0 Å². The summed E-state index contributed by atoms with van der Waals surface area (Å²) in [6.07, 6.45) is 2.38. The first-order valence-electron chi connectivity index (χ1n) is 10.1. The summed E-state index contributed by atoms with van der Waals surface area (Å²) < 4.78 is 23.2. The average Bonchev–Trinajstić information content (AvgIpc) is 3.46. The minimum Gasteiger partial charge on any atom is -0.493 e. The standard InChI is InChI=1S/C26H22O5/c1-28-20-12-11-18(13-22(20)29-2)23-14-26(15-24(26)27)19-9-6-10-21(25(19)31-23)30-16-17-7-4-3-5-8-17/h3-14H,15-16H2,1-2H3. The highest BCUT2D eigenvalue weighted by atomic mass is 16.5. The molecule has 0 saturated heterocycles. The third-order valence-electron chi connectivity index (χ3n) is 5.77. The predicted octanol–water partition coefficient (Wildman–Crippen LogP) is 4.93. The second-order valence-electron chi connectivity index (χ2n) is 7.66. The van der Waals surface area contributed by atoms with Crippen molar-refractivity contribution in [2.75, 3.05) is 14.2 Å². The zero-order chi connectivity index (χ0) is 21.4. The minimum atomic E-state index is -0.651. The highest BCUT2D eigenvalue weighted by molar-refractivity contribution is 6.11. The molecular weight excluding hydrogens is 392 g/mol. The molecule has 3 aromatic carbocycles. The van der Waals surface area contributed by atoms with Crippen molar-refractivity contribution in [3.8, 4) is 23.0 Å². The van der Waals surface area contributed by atoms with E-state index in [0.29, 0.717) is 41.8 Å². The van der Waals surface area contributed by atoms with Gasteiger partial charge in [0.05, 0.1) is 19.6 Å². The number of ketones is 1. The van der Waals surface area contributed by atoms with Crippen LogP contribution in [0.25, 0.3) is 5.76 Å². The molecule has 0 bridgehead atoms. The van der Waals surface area contributed by atoms with Crippen LogP contribution in [0.3, 0.4) is 0 Å². The van der Waals surface area contributed by atoms with Crippen LogP contribution in [0.15, 0.2) is 72.8 Å². The van der Waals surface area contributed by atoms with E-state index in [1.54, 1.807) is 14.2 Å². The number of carbonyl (C=O) groups excluding carboxylic acids is 1. The number of rotatable bonds is 6. The average molecular weight is 414 g/mol. The number of benzene rings is 3. The van der Waals surface area contributed by atoms with Gasteiger partial charge in [0.15, 0.2) is 23.0 Å². The first kappa shape index (κ1) is 19.2. The SMILES string of the molecule is COc1ccc(C2=CC3(CC3=O)c3cccc(OCc4ccccc4)c3O2)cc1OC. The zero-order valence-electron chi connectivity index (χ0n) is 17.4. The van der Waals surface area contributed by atoms with Crippen molar-refractivity contribution in [3.63, 3.8) is 0 Å². The minimum absolute atomic E-state index is 0.176. The van der Waals surface area contributed by atoms with Gasteiger partial charge in [0, 0.05) is 17.5 Å². The Hall–Kier alpha value is -3.73. The number of carbonyl (C=O) groups is 1. The quantitative estimate of drug-likeness (QED) is 0.573. The molecule has 1 saturated carbocycles. The summed E-state index contributed by atoms with van der Waals surface area (Å²) in [5.74, 6) is 3.22. The Morgan fingerprint density at radius 2 is 1.68 bits per heavy atom. The van der Waals surface area contributed by atoms with Crippen molar-refractivity contribution in [1.82, 2.24) is 0 Å². The van der Waals surface area contributed by atoms with E-state index in [4.69, 9.17) is 18.9 Å². The molecule has 1 unspecified atom stereocenters. The van der Waals surface area contributed by atoms with Crippen LogP contribution < -0.4 is 18.9 Å². The Bertz CT molecular complexity index is 1180. The van der Waals surface area contributed by atoms with Crippen LogP contribution in [0.4, 0.5) is 0 Å². The molecule has 1 aliphatic carbocycles. The lowest BCUT2D eigenvalue weighted by Crippen LogP contribution is -2.17. The lowest BCUT2D eigenvalue weighted by molar-refractivity contribution is -0.111. The number of ether oxygens (including phenoxy) is 4. The first-order chi connectivity index (χ1) is 15.1. The molecule has 0 radical (unpaired) electrons. The molecule has 1 aliphatic heterocycles. The Morgan fingerprint density at radius 3 is 2.39 bits per heavy atom. The van der Waals surface area contributed by atoms with Crippen molar-refractivity contribution < 1.29 is 23.7 Å². The fraction of sp³-hybridized carbons (Fsp3) is 0.192. The van der Waals surface area contributed by atoms with E-state index in [0.717, 1.165) is 16.7 Å². The molecule has 5 heteroatoms. The van der Waals surface area contributed by atoms with E-state index in [-0.39, 0.29) is 5.78 Å². The smallest absolute Gasteiger partial charge is 0.173 e. The third kappa shape index (κ3) is 3.32. The van der Waals surface area contributed by atoms with Gasteiger partial charge in [-0.25, -0.2) is 0 Å². The summed E-state index contributed by atoms with van der Waals surface area (Å²) in [6.45, 7) is 0.414. The Morgan fingerprint density at radius 1 is 0.903 bits per heavy atom. The predicted molar refractivity (Wildman–Crippen MR) is 117 cm³/mol. The maximum atomic E-state index is 12.5. The number of methoxy groups -OCH3 is 2. The van der Waals surface area contributed by atoms with Gasteiger partial charge in [0.1, 0.15) is 18.1 Å².